The van der Waals surface area contributed by atoms with Crippen LogP contribution in [0.15, 0.2) is 70.5 Å². The molecule has 0 fully saturated rings. The molecule has 5 nitrogen and oxygen atoms in total. The highest BCUT2D eigenvalue weighted by molar-refractivity contribution is 7.91. The minimum Gasteiger partial charge on any atom is -0.507 e. The number of anilines is 1. The third kappa shape index (κ3) is 3.64. The van der Waals surface area contributed by atoms with Crippen molar-refractivity contribution in [2.24, 2.45) is 0 Å². The molecular formula is C22H21NO4S. The zero-order valence-electron chi connectivity index (χ0n) is 15.9. The number of carbonyl (C=O) groups is 1. The Morgan fingerprint density at radius 1 is 0.929 bits per heavy atom. The molecule has 3 rings (SSSR count). The summed E-state index contributed by atoms with van der Waals surface area (Å²) < 4.78 is 26.3. The van der Waals surface area contributed by atoms with Crippen molar-refractivity contribution < 1.29 is 18.3 Å². The first kappa shape index (κ1) is 19.6. The lowest BCUT2D eigenvalue weighted by Gasteiger charge is -2.17. The molecule has 0 saturated heterocycles. The van der Waals surface area contributed by atoms with E-state index < -0.39 is 9.84 Å². The molecule has 6 heteroatoms. The quantitative estimate of drug-likeness (QED) is 0.641. The molecule has 3 aromatic rings. The van der Waals surface area contributed by atoms with Crippen LogP contribution in [0.5, 0.6) is 5.75 Å². The Hall–Kier alpha value is -3.12. The third-order valence-corrected chi connectivity index (χ3v) is 6.52. The average Bonchev–Trinajstić information content (AvgIpc) is 2.65. The molecule has 0 spiro atoms. The van der Waals surface area contributed by atoms with E-state index in [1.165, 1.54) is 18.2 Å². The van der Waals surface area contributed by atoms with Crippen LogP contribution in [0.3, 0.4) is 0 Å². The minimum absolute atomic E-state index is 0.0840. The number of sulfone groups is 1. The third-order valence-electron chi connectivity index (χ3n) is 4.57. The van der Waals surface area contributed by atoms with Crippen LogP contribution in [-0.2, 0) is 9.84 Å². The normalized spacial score (nSPS) is 11.2. The number of phenols is 1. The summed E-state index contributed by atoms with van der Waals surface area (Å²) in [6, 6.07) is 16.4. The number of phenolic OH excluding ortho intramolecular Hbond substituents is 1. The van der Waals surface area contributed by atoms with Gasteiger partial charge in [-0.05, 0) is 62.2 Å². The zero-order chi connectivity index (χ0) is 20.5. The van der Waals surface area contributed by atoms with E-state index in [4.69, 9.17) is 0 Å². The predicted molar refractivity (Wildman–Crippen MR) is 109 cm³/mol. The molecule has 28 heavy (non-hydrogen) atoms. The first-order valence-electron chi connectivity index (χ1n) is 8.73. The SMILES string of the molecule is Cc1ccc(S(=O)(=O)c2c(O)cc(C)c(NC(=O)c3ccccc3)c2C)cc1. The summed E-state index contributed by atoms with van der Waals surface area (Å²) in [6.45, 7) is 5.15. The summed E-state index contributed by atoms with van der Waals surface area (Å²) >= 11 is 0. The van der Waals surface area contributed by atoms with E-state index in [1.54, 1.807) is 56.3 Å². The second-order valence-corrected chi connectivity index (χ2v) is 8.56. The molecule has 0 atom stereocenters. The maximum Gasteiger partial charge on any atom is 0.255 e. The van der Waals surface area contributed by atoms with E-state index in [2.05, 4.69) is 5.32 Å². The molecule has 0 bridgehead atoms. The Morgan fingerprint density at radius 3 is 2.14 bits per heavy atom. The molecule has 0 aliphatic heterocycles. The summed E-state index contributed by atoms with van der Waals surface area (Å²) in [5.74, 6) is -0.690. The maximum atomic E-state index is 13.1. The fourth-order valence-corrected chi connectivity index (χ4v) is 4.66. The molecule has 0 saturated carbocycles. The second-order valence-electron chi connectivity index (χ2n) is 6.68. The van der Waals surface area contributed by atoms with Gasteiger partial charge in [0.2, 0.25) is 9.84 Å². The standard InChI is InChI=1S/C22H21NO4S/c1-14-9-11-18(12-10-14)28(26,27)21-16(3)20(15(2)13-19(21)24)23-22(25)17-7-5-4-6-8-17/h4-13,24H,1-3H3,(H,23,25). The molecule has 1 amide bonds. The highest BCUT2D eigenvalue weighted by atomic mass is 32.2. The van der Waals surface area contributed by atoms with Crippen molar-refractivity contribution in [1.29, 1.82) is 0 Å². The average molecular weight is 395 g/mol. The van der Waals surface area contributed by atoms with Crippen molar-refractivity contribution in [2.45, 2.75) is 30.6 Å². The molecule has 2 N–H and O–H groups in total. The van der Waals surface area contributed by atoms with E-state index in [-0.39, 0.29) is 21.4 Å². The number of nitrogens with one attached hydrogen (secondary N) is 1. The topological polar surface area (TPSA) is 83.5 Å². The largest absolute Gasteiger partial charge is 0.507 e. The lowest BCUT2D eigenvalue weighted by Crippen LogP contribution is -2.15. The molecule has 0 radical (unpaired) electrons. The van der Waals surface area contributed by atoms with Gasteiger partial charge in [-0.2, -0.15) is 0 Å². The highest BCUT2D eigenvalue weighted by Gasteiger charge is 2.27. The molecule has 0 unspecified atom stereocenters. The van der Waals surface area contributed by atoms with Gasteiger partial charge in [-0.15, -0.1) is 0 Å². The van der Waals surface area contributed by atoms with Gasteiger partial charge >= 0.3 is 0 Å². The Labute approximate surface area is 164 Å². The number of amides is 1. The van der Waals surface area contributed by atoms with Crippen molar-refractivity contribution in [3.8, 4) is 5.75 Å². The Bertz CT molecular complexity index is 1140. The van der Waals surface area contributed by atoms with Gasteiger partial charge in [-0.1, -0.05) is 35.9 Å². The molecule has 0 heterocycles. The van der Waals surface area contributed by atoms with Crippen LogP contribution >= 0.6 is 0 Å². The van der Waals surface area contributed by atoms with Crippen LogP contribution in [-0.4, -0.2) is 19.4 Å². The van der Waals surface area contributed by atoms with Crippen molar-refractivity contribution >= 4 is 21.4 Å². The smallest absolute Gasteiger partial charge is 0.255 e. The van der Waals surface area contributed by atoms with Gasteiger partial charge in [0.05, 0.1) is 4.90 Å². The number of carbonyl (C=O) groups excluding carboxylic acids is 1. The first-order chi connectivity index (χ1) is 13.2. The fraction of sp³-hybridized carbons (Fsp3) is 0.136. The first-order valence-corrected chi connectivity index (χ1v) is 10.2. The van der Waals surface area contributed by atoms with Gasteiger partial charge in [0.15, 0.2) is 0 Å². The molecule has 0 aliphatic carbocycles. The molecule has 0 aliphatic rings. The molecule has 0 aromatic heterocycles. The van der Waals surface area contributed by atoms with Crippen LogP contribution in [0.25, 0.3) is 0 Å². The van der Waals surface area contributed by atoms with Gasteiger partial charge in [0.1, 0.15) is 10.6 Å². The van der Waals surface area contributed by atoms with Crippen molar-refractivity contribution in [3.05, 3.63) is 82.9 Å². The van der Waals surface area contributed by atoms with Crippen molar-refractivity contribution in [3.63, 3.8) is 0 Å². The number of rotatable bonds is 4. The second kappa shape index (κ2) is 7.48. The Balaban J connectivity index is 2.10. The van der Waals surface area contributed by atoms with Gasteiger partial charge < -0.3 is 10.4 Å². The van der Waals surface area contributed by atoms with Crippen LogP contribution in [0.2, 0.25) is 0 Å². The lowest BCUT2D eigenvalue weighted by molar-refractivity contribution is 0.102. The lowest BCUT2D eigenvalue weighted by atomic mass is 10.1. The van der Waals surface area contributed by atoms with Crippen molar-refractivity contribution in [1.82, 2.24) is 0 Å². The maximum absolute atomic E-state index is 13.1. The van der Waals surface area contributed by atoms with Crippen LogP contribution in [0, 0.1) is 20.8 Å². The van der Waals surface area contributed by atoms with Gasteiger partial charge in [-0.25, -0.2) is 8.42 Å². The van der Waals surface area contributed by atoms with Crippen LogP contribution < -0.4 is 5.32 Å². The summed E-state index contributed by atoms with van der Waals surface area (Å²) in [5, 5.41) is 13.2. The summed E-state index contributed by atoms with van der Waals surface area (Å²) in [5.41, 5.74) is 2.62. The fourth-order valence-electron chi connectivity index (χ4n) is 3.09. The van der Waals surface area contributed by atoms with Crippen LogP contribution in [0.4, 0.5) is 5.69 Å². The van der Waals surface area contributed by atoms with E-state index in [9.17, 15) is 18.3 Å². The monoisotopic (exact) mass is 395 g/mol. The van der Waals surface area contributed by atoms with Crippen LogP contribution in [0.1, 0.15) is 27.0 Å². The summed E-state index contributed by atoms with van der Waals surface area (Å²) in [6.07, 6.45) is 0. The van der Waals surface area contributed by atoms with E-state index >= 15 is 0 Å². The highest BCUT2D eigenvalue weighted by Crippen LogP contribution is 2.37. The van der Waals surface area contributed by atoms with Crippen molar-refractivity contribution in [2.75, 3.05) is 5.32 Å². The van der Waals surface area contributed by atoms with Gasteiger partial charge in [0.25, 0.3) is 5.91 Å². The Morgan fingerprint density at radius 2 is 1.54 bits per heavy atom. The minimum atomic E-state index is -3.96. The molecule has 3 aromatic carbocycles. The van der Waals surface area contributed by atoms with E-state index in [0.717, 1.165) is 5.56 Å². The number of hydrogen-bond donors (Lipinski definition) is 2. The zero-order valence-corrected chi connectivity index (χ0v) is 16.7. The number of aromatic hydroxyl groups is 1. The molecule has 144 valence electrons. The van der Waals surface area contributed by atoms with Gasteiger partial charge in [-0.3, -0.25) is 4.79 Å². The Kier molecular flexibility index (Phi) is 5.25. The van der Waals surface area contributed by atoms with E-state index in [0.29, 0.717) is 22.4 Å². The predicted octanol–water partition coefficient (Wildman–Crippen LogP) is 4.40. The van der Waals surface area contributed by atoms with E-state index in [1.807, 2.05) is 6.92 Å². The number of hydrogen-bond acceptors (Lipinski definition) is 4. The summed E-state index contributed by atoms with van der Waals surface area (Å²) in [4.78, 5) is 12.4. The molecular weight excluding hydrogens is 374 g/mol. The number of aryl methyl sites for hydroxylation is 2. The van der Waals surface area contributed by atoms with Gasteiger partial charge in [0, 0.05) is 11.3 Å². The number of benzene rings is 3. The summed E-state index contributed by atoms with van der Waals surface area (Å²) in [7, 11) is -3.96.